The minimum atomic E-state index is -0.468. The van der Waals surface area contributed by atoms with E-state index in [9.17, 15) is 4.79 Å². The van der Waals surface area contributed by atoms with Gasteiger partial charge in [-0.05, 0) is 26.0 Å². The van der Waals surface area contributed by atoms with Gasteiger partial charge in [-0.25, -0.2) is 14.5 Å². The van der Waals surface area contributed by atoms with Gasteiger partial charge in [-0.1, -0.05) is 0 Å². The molecule has 0 aromatic carbocycles. The molecule has 0 amide bonds. The Balaban J connectivity index is 2.53. The van der Waals surface area contributed by atoms with E-state index in [-0.39, 0.29) is 12.2 Å². The zero-order chi connectivity index (χ0) is 13.7. The lowest BCUT2D eigenvalue weighted by Crippen LogP contribution is -2.14. The first-order valence-electron chi connectivity index (χ1n) is 6.06. The van der Waals surface area contributed by atoms with Crippen molar-refractivity contribution in [2.24, 2.45) is 0 Å². The summed E-state index contributed by atoms with van der Waals surface area (Å²) in [5.41, 5.74) is 0.287. The average molecular weight is 261 g/mol. The Morgan fingerprint density at radius 2 is 2.16 bits per heavy atom. The van der Waals surface area contributed by atoms with Gasteiger partial charge in [0, 0.05) is 18.6 Å². The van der Waals surface area contributed by atoms with Crippen molar-refractivity contribution < 1.29 is 14.3 Å². The van der Waals surface area contributed by atoms with Crippen molar-refractivity contribution in [3.63, 3.8) is 0 Å². The summed E-state index contributed by atoms with van der Waals surface area (Å²) in [4.78, 5) is 16.3. The Hall–Kier alpha value is -2.37. The van der Waals surface area contributed by atoms with Crippen LogP contribution in [-0.4, -0.2) is 33.9 Å². The third kappa shape index (κ3) is 2.73. The van der Waals surface area contributed by atoms with E-state index in [1.165, 1.54) is 4.68 Å². The third-order valence-corrected chi connectivity index (χ3v) is 2.39. The lowest BCUT2D eigenvalue weighted by atomic mass is 10.2. The number of hydrogen-bond donors (Lipinski definition) is 0. The van der Waals surface area contributed by atoms with Gasteiger partial charge in [-0.3, -0.25) is 0 Å². The highest BCUT2D eigenvalue weighted by Gasteiger charge is 2.21. The standard InChI is InChI=1S/C13H15N3O3/c1-3-18-10-6-8-14-12(16-9-5-7-15-16)11(10)13(17)19-4-2/h5-9H,3-4H2,1-2H3. The van der Waals surface area contributed by atoms with Gasteiger partial charge in [-0.2, -0.15) is 5.10 Å². The Bertz CT molecular complexity index is 552. The number of pyridine rings is 1. The number of esters is 1. The van der Waals surface area contributed by atoms with Gasteiger partial charge in [-0.15, -0.1) is 0 Å². The van der Waals surface area contributed by atoms with E-state index in [1.807, 2.05) is 6.92 Å². The molecule has 0 unspecified atom stereocenters. The van der Waals surface area contributed by atoms with E-state index in [4.69, 9.17) is 9.47 Å². The van der Waals surface area contributed by atoms with Gasteiger partial charge in [0.2, 0.25) is 0 Å². The van der Waals surface area contributed by atoms with Crippen LogP contribution in [0.2, 0.25) is 0 Å². The van der Waals surface area contributed by atoms with Crippen LogP contribution in [0.25, 0.3) is 5.82 Å². The summed E-state index contributed by atoms with van der Waals surface area (Å²) in [6.07, 6.45) is 4.90. The molecule has 0 N–H and O–H groups in total. The summed E-state index contributed by atoms with van der Waals surface area (Å²) < 4.78 is 12.0. The number of rotatable bonds is 5. The molecule has 0 saturated heterocycles. The van der Waals surface area contributed by atoms with Crippen LogP contribution in [0.4, 0.5) is 0 Å². The summed E-state index contributed by atoms with van der Waals surface area (Å²) in [7, 11) is 0. The molecule has 0 fully saturated rings. The monoisotopic (exact) mass is 261 g/mol. The van der Waals surface area contributed by atoms with Crippen LogP contribution in [0.5, 0.6) is 5.75 Å². The van der Waals surface area contributed by atoms with Gasteiger partial charge < -0.3 is 9.47 Å². The number of nitrogens with zero attached hydrogens (tertiary/aromatic N) is 3. The predicted molar refractivity (Wildman–Crippen MR) is 68.5 cm³/mol. The molecule has 2 heterocycles. The summed E-state index contributed by atoms with van der Waals surface area (Å²) in [5, 5.41) is 4.08. The van der Waals surface area contributed by atoms with E-state index < -0.39 is 5.97 Å². The molecule has 0 spiro atoms. The molecule has 6 heteroatoms. The summed E-state index contributed by atoms with van der Waals surface area (Å²) in [6, 6.07) is 3.40. The van der Waals surface area contributed by atoms with Crippen LogP contribution in [0, 0.1) is 0 Å². The van der Waals surface area contributed by atoms with Crippen molar-refractivity contribution in [3.8, 4) is 11.6 Å². The smallest absolute Gasteiger partial charge is 0.345 e. The SMILES string of the molecule is CCOC(=O)c1c(OCC)ccnc1-n1cccn1. The molecule has 100 valence electrons. The molecule has 0 aliphatic heterocycles. The summed E-state index contributed by atoms with van der Waals surface area (Å²) in [6.45, 7) is 4.35. The van der Waals surface area contributed by atoms with Crippen LogP contribution in [0.1, 0.15) is 24.2 Å². The Labute approximate surface area is 111 Å². The van der Waals surface area contributed by atoms with Crippen molar-refractivity contribution in [1.29, 1.82) is 0 Å². The Morgan fingerprint density at radius 1 is 1.32 bits per heavy atom. The molecule has 2 rings (SSSR count). The highest BCUT2D eigenvalue weighted by molar-refractivity contribution is 5.95. The lowest BCUT2D eigenvalue weighted by Gasteiger charge is -2.12. The predicted octanol–water partition coefficient (Wildman–Crippen LogP) is 1.84. The highest BCUT2D eigenvalue weighted by atomic mass is 16.5. The minimum absolute atomic E-state index is 0.287. The van der Waals surface area contributed by atoms with Gasteiger partial charge in [0.1, 0.15) is 11.3 Å². The number of carbonyl (C=O) groups excluding carboxylic acids is 1. The second kappa shape index (κ2) is 5.99. The molecular weight excluding hydrogens is 246 g/mol. The van der Waals surface area contributed by atoms with Crippen molar-refractivity contribution >= 4 is 5.97 Å². The van der Waals surface area contributed by atoms with Gasteiger partial charge in [0.25, 0.3) is 0 Å². The first-order chi connectivity index (χ1) is 9.27. The maximum atomic E-state index is 12.1. The Morgan fingerprint density at radius 3 is 2.79 bits per heavy atom. The molecule has 0 bridgehead atoms. The molecule has 0 radical (unpaired) electrons. The minimum Gasteiger partial charge on any atom is -0.493 e. The molecule has 6 nitrogen and oxygen atoms in total. The van der Waals surface area contributed by atoms with Crippen molar-refractivity contribution in [3.05, 3.63) is 36.3 Å². The lowest BCUT2D eigenvalue weighted by molar-refractivity contribution is 0.0521. The zero-order valence-electron chi connectivity index (χ0n) is 10.9. The van der Waals surface area contributed by atoms with E-state index in [0.29, 0.717) is 18.2 Å². The van der Waals surface area contributed by atoms with Crippen LogP contribution in [-0.2, 0) is 4.74 Å². The first-order valence-corrected chi connectivity index (χ1v) is 6.06. The number of carbonyl (C=O) groups is 1. The largest absolute Gasteiger partial charge is 0.493 e. The fourth-order valence-electron chi connectivity index (χ4n) is 1.67. The fourth-order valence-corrected chi connectivity index (χ4v) is 1.67. The summed E-state index contributed by atoms with van der Waals surface area (Å²) >= 11 is 0. The van der Waals surface area contributed by atoms with Gasteiger partial charge in [0.15, 0.2) is 5.82 Å². The highest BCUT2D eigenvalue weighted by Crippen LogP contribution is 2.24. The average Bonchev–Trinajstić information content (AvgIpc) is 2.93. The van der Waals surface area contributed by atoms with Crippen LogP contribution in [0.3, 0.4) is 0 Å². The molecule has 0 saturated carbocycles. The fraction of sp³-hybridized carbons (Fsp3) is 0.308. The number of aromatic nitrogens is 3. The second-order valence-corrected chi connectivity index (χ2v) is 3.61. The molecule has 0 atom stereocenters. The molecule has 0 aliphatic rings. The third-order valence-electron chi connectivity index (χ3n) is 2.39. The quantitative estimate of drug-likeness (QED) is 0.768. The number of hydrogen-bond acceptors (Lipinski definition) is 5. The molecule has 2 aromatic heterocycles. The maximum absolute atomic E-state index is 12.1. The first kappa shape index (κ1) is 13.1. The molecule has 19 heavy (non-hydrogen) atoms. The normalized spacial score (nSPS) is 10.2. The van der Waals surface area contributed by atoms with Crippen molar-refractivity contribution in [2.75, 3.05) is 13.2 Å². The number of ether oxygens (including phenoxy) is 2. The van der Waals surface area contributed by atoms with E-state index in [2.05, 4.69) is 10.1 Å². The second-order valence-electron chi connectivity index (χ2n) is 3.61. The van der Waals surface area contributed by atoms with Gasteiger partial charge >= 0.3 is 5.97 Å². The maximum Gasteiger partial charge on any atom is 0.345 e. The van der Waals surface area contributed by atoms with E-state index in [0.717, 1.165) is 0 Å². The van der Waals surface area contributed by atoms with Crippen molar-refractivity contribution in [2.45, 2.75) is 13.8 Å². The van der Waals surface area contributed by atoms with Crippen LogP contribution >= 0.6 is 0 Å². The van der Waals surface area contributed by atoms with Gasteiger partial charge in [0.05, 0.1) is 13.2 Å². The Kier molecular flexibility index (Phi) is 4.12. The summed E-state index contributed by atoms with van der Waals surface area (Å²) in [5.74, 6) is 0.375. The van der Waals surface area contributed by atoms with E-state index >= 15 is 0 Å². The van der Waals surface area contributed by atoms with Crippen LogP contribution < -0.4 is 4.74 Å². The molecule has 0 aliphatic carbocycles. The zero-order valence-corrected chi connectivity index (χ0v) is 10.9. The van der Waals surface area contributed by atoms with Crippen molar-refractivity contribution in [1.82, 2.24) is 14.8 Å². The van der Waals surface area contributed by atoms with Crippen LogP contribution in [0.15, 0.2) is 30.7 Å². The molecular formula is C13H15N3O3. The topological polar surface area (TPSA) is 66.2 Å². The van der Waals surface area contributed by atoms with E-state index in [1.54, 1.807) is 37.6 Å². The molecule has 2 aromatic rings.